The topological polar surface area (TPSA) is 35.6 Å². The number of aryl methyl sites for hydroxylation is 1. The van der Waals surface area contributed by atoms with E-state index in [1.807, 2.05) is 24.3 Å². The summed E-state index contributed by atoms with van der Waals surface area (Å²) >= 11 is 0. The molecule has 51 heavy (non-hydrogen) atoms. The zero-order valence-electron chi connectivity index (χ0n) is 28.0. The van der Waals surface area contributed by atoms with Crippen LogP contribution in [0.25, 0.3) is 88.9 Å². The summed E-state index contributed by atoms with van der Waals surface area (Å²) < 4.78 is 4.80. The number of nitrogens with zero attached hydrogens (tertiary/aromatic N) is 4. The van der Waals surface area contributed by atoms with E-state index >= 15 is 0 Å². The van der Waals surface area contributed by atoms with E-state index in [1.54, 1.807) is 0 Å². The molecule has 0 N–H and O–H groups in total. The number of rotatable bonds is 5. The van der Waals surface area contributed by atoms with Crippen LogP contribution in [-0.2, 0) is 0 Å². The van der Waals surface area contributed by atoms with Crippen molar-refractivity contribution in [2.24, 2.45) is 0 Å². The van der Waals surface area contributed by atoms with Crippen molar-refractivity contribution < 1.29 is 0 Å². The van der Waals surface area contributed by atoms with E-state index in [-0.39, 0.29) is 0 Å². The molecular weight excluding hydrogens is 621 g/mol. The lowest BCUT2D eigenvalue weighted by Crippen LogP contribution is -1.99. The van der Waals surface area contributed by atoms with Crippen LogP contribution in [0.15, 0.2) is 176 Å². The molecule has 0 aliphatic heterocycles. The normalized spacial score (nSPS) is 11.6. The van der Waals surface area contributed by atoms with Crippen molar-refractivity contribution >= 4 is 43.6 Å². The molecule has 0 aliphatic carbocycles. The SMILES string of the molecule is Cc1cc(-c2cc(-c3ccccc3)nc(-c3ccccc3)n2)ccc1-n1c2ccccc2c2cc(-n3c4ccccc4c4ccccc43)ccc21. The molecule has 0 saturated heterocycles. The molecule has 0 saturated carbocycles. The molecule has 0 amide bonds. The highest BCUT2D eigenvalue weighted by molar-refractivity contribution is 6.12. The molecule has 0 unspecified atom stereocenters. The molecule has 0 fully saturated rings. The number of hydrogen-bond donors (Lipinski definition) is 0. The maximum atomic E-state index is 5.09. The summed E-state index contributed by atoms with van der Waals surface area (Å²) in [5, 5.41) is 4.99. The van der Waals surface area contributed by atoms with Crippen LogP contribution in [0.2, 0.25) is 0 Å². The maximum Gasteiger partial charge on any atom is 0.160 e. The largest absolute Gasteiger partial charge is 0.309 e. The molecule has 7 aromatic carbocycles. The van der Waals surface area contributed by atoms with Crippen molar-refractivity contribution in [3.8, 4) is 45.3 Å². The first kappa shape index (κ1) is 29.2. The van der Waals surface area contributed by atoms with Gasteiger partial charge in [-0.15, -0.1) is 0 Å². The van der Waals surface area contributed by atoms with Crippen LogP contribution in [0.5, 0.6) is 0 Å². The predicted molar refractivity (Wildman–Crippen MR) is 212 cm³/mol. The summed E-state index contributed by atoms with van der Waals surface area (Å²) in [7, 11) is 0. The lowest BCUT2D eigenvalue weighted by molar-refractivity contribution is 1.14. The fourth-order valence-corrected chi connectivity index (χ4v) is 7.69. The number of para-hydroxylation sites is 3. The monoisotopic (exact) mass is 652 g/mol. The fourth-order valence-electron chi connectivity index (χ4n) is 7.69. The minimum absolute atomic E-state index is 0.718. The molecule has 0 radical (unpaired) electrons. The first-order chi connectivity index (χ1) is 25.2. The van der Waals surface area contributed by atoms with Crippen molar-refractivity contribution in [2.75, 3.05) is 0 Å². The molecule has 4 nitrogen and oxygen atoms in total. The summed E-state index contributed by atoms with van der Waals surface area (Å²) in [6.45, 7) is 2.20. The van der Waals surface area contributed by atoms with Crippen LogP contribution in [-0.4, -0.2) is 19.1 Å². The number of benzene rings is 7. The molecule has 0 aliphatic rings. The van der Waals surface area contributed by atoms with Crippen LogP contribution in [0, 0.1) is 6.92 Å². The van der Waals surface area contributed by atoms with Gasteiger partial charge >= 0.3 is 0 Å². The van der Waals surface area contributed by atoms with Gasteiger partial charge in [0.2, 0.25) is 0 Å². The number of aromatic nitrogens is 4. The molecule has 4 heteroatoms. The molecule has 0 atom stereocenters. The second-order valence-corrected chi connectivity index (χ2v) is 13.1. The average Bonchev–Trinajstić information content (AvgIpc) is 3.71. The highest BCUT2D eigenvalue weighted by atomic mass is 15.0. The van der Waals surface area contributed by atoms with Crippen molar-refractivity contribution in [3.05, 3.63) is 181 Å². The zero-order valence-corrected chi connectivity index (χ0v) is 28.0. The third kappa shape index (κ3) is 4.76. The van der Waals surface area contributed by atoms with Crippen molar-refractivity contribution in [1.82, 2.24) is 19.1 Å². The smallest absolute Gasteiger partial charge is 0.160 e. The van der Waals surface area contributed by atoms with Crippen molar-refractivity contribution in [3.63, 3.8) is 0 Å². The summed E-state index contributed by atoms with van der Waals surface area (Å²) in [4.78, 5) is 10.1. The van der Waals surface area contributed by atoms with Gasteiger partial charge in [0.25, 0.3) is 0 Å². The average molecular weight is 653 g/mol. The highest BCUT2D eigenvalue weighted by Gasteiger charge is 2.18. The second kappa shape index (κ2) is 11.7. The maximum absolute atomic E-state index is 5.09. The molecule has 240 valence electrons. The highest BCUT2D eigenvalue weighted by Crippen LogP contribution is 2.38. The summed E-state index contributed by atoms with van der Waals surface area (Å²) in [6, 6.07) is 62.4. The molecule has 0 bridgehead atoms. The standard InChI is InChI=1S/C47H32N4/c1-31-28-34(41-30-40(32-14-4-2-5-15-32)48-47(49-41)33-16-6-3-7-17-33)24-26-42(31)51-45-23-13-10-20-38(45)39-29-35(25-27-46(39)51)50-43-21-11-8-18-36(43)37-19-9-12-22-44(37)50/h2-30H,1H3. The van der Waals surface area contributed by atoms with E-state index in [0.717, 1.165) is 45.3 Å². The van der Waals surface area contributed by atoms with Gasteiger partial charge in [0.15, 0.2) is 5.82 Å². The van der Waals surface area contributed by atoms with Gasteiger partial charge in [0.1, 0.15) is 0 Å². The lowest BCUT2D eigenvalue weighted by Gasteiger charge is -2.14. The van der Waals surface area contributed by atoms with E-state index in [9.17, 15) is 0 Å². The van der Waals surface area contributed by atoms with Crippen LogP contribution in [0.4, 0.5) is 0 Å². The van der Waals surface area contributed by atoms with Gasteiger partial charge in [-0.05, 0) is 67.1 Å². The molecular formula is C47H32N4. The Kier molecular flexibility index (Phi) is 6.68. The zero-order chi connectivity index (χ0) is 33.9. The molecule has 10 aromatic rings. The van der Waals surface area contributed by atoms with E-state index in [1.165, 1.54) is 49.2 Å². The second-order valence-electron chi connectivity index (χ2n) is 13.1. The van der Waals surface area contributed by atoms with Crippen LogP contribution in [0.1, 0.15) is 5.56 Å². The molecule has 3 heterocycles. The van der Waals surface area contributed by atoms with Crippen molar-refractivity contribution in [1.29, 1.82) is 0 Å². The van der Waals surface area contributed by atoms with E-state index in [2.05, 4.69) is 168 Å². The molecule has 0 spiro atoms. The predicted octanol–water partition coefficient (Wildman–Crippen LogP) is 12.0. The summed E-state index contributed by atoms with van der Waals surface area (Å²) in [6.07, 6.45) is 0. The van der Waals surface area contributed by atoms with Gasteiger partial charge < -0.3 is 9.13 Å². The van der Waals surface area contributed by atoms with Crippen LogP contribution >= 0.6 is 0 Å². The fraction of sp³-hybridized carbons (Fsp3) is 0.0213. The third-order valence-electron chi connectivity index (χ3n) is 10.1. The van der Waals surface area contributed by atoms with Crippen LogP contribution in [0.3, 0.4) is 0 Å². The molecule has 10 rings (SSSR count). The Balaban J connectivity index is 1.13. The van der Waals surface area contributed by atoms with Gasteiger partial charge in [0, 0.05) is 49.6 Å². The van der Waals surface area contributed by atoms with E-state index in [0.29, 0.717) is 0 Å². The van der Waals surface area contributed by atoms with Gasteiger partial charge in [-0.2, -0.15) is 0 Å². The molecule has 3 aromatic heterocycles. The lowest BCUT2D eigenvalue weighted by atomic mass is 10.0. The van der Waals surface area contributed by atoms with Crippen molar-refractivity contribution in [2.45, 2.75) is 6.92 Å². The Morgan fingerprint density at radius 3 is 1.51 bits per heavy atom. The van der Waals surface area contributed by atoms with Gasteiger partial charge in [-0.25, -0.2) is 9.97 Å². The summed E-state index contributed by atoms with van der Waals surface area (Å²) in [5.74, 6) is 0.718. The minimum atomic E-state index is 0.718. The Bertz CT molecular complexity index is 2810. The van der Waals surface area contributed by atoms with Gasteiger partial charge in [-0.1, -0.05) is 121 Å². The van der Waals surface area contributed by atoms with Gasteiger partial charge in [-0.3, -0.25) is 0 Å². The third-order valence-corrected chi connectivity index (χ3v) is 10.1. The number of fused-ring (bicyclic) bond motifs is 6. The Hall–Kier alpha value is -6.78. The first-order valence-corrected chi connectivity index (χ1v) is 17.3. The summed E-state index contributed by atoms with van der Waals surface area (Å²) in [5.41, 5.74) is 13.2. The van der Waals surface area contributed by atoms with E-state index in [4.69, 9.17) is 9.97 Å². The minimum Gasteiger partial charge on any atom is -0.309 e. The van der Waals surface area contributed by atoms with Crippen LogP contribution < -0.4 is 0 Å². The Morgan fingerprint density at radius 1 is 0.373 bits per heavy atom. The quantitative estimate of drug-likeness (QED) is 0.185. The first-order valence-electron chi connectivity index (χ1n) is 17.3. The van der Waals surface area contributed by atoms with E-state index < -0.39 is 0 Å². The Labute approximate surface area is 295 Å². The number of hydrogen-bond acceptors (Lipinski definition) is 2. The van der Waals surface area contributed by atoms with Gasteiger partial charge in [0.05, 0.1) is 33.5 Å². The Morgan fingerprint density at radius 2 is 0.882 bits per heavy atom.